The number of nitrogen functional groups attached to an aromatic ring is 1. The molecule has 1 unspecified atom stereocenters. The Kier molecular flexibility index (Phi) is 5.81. The Hall–Kier alpha value is -5.38. The van der Waals surface area contributed by atoms with Gasteiger partial charge >= 0.3 is 0 Å². The number of nitrogens with one attached hydrogen (secondary N) is 3. The molecule has 6 aromatic rings. The van der Waals surface area contributed by atoms with Crippen molar-refractivity contribution in [2.75, 3.05) is 11.1 Å². The number of carbonyl (C=O) groups is 1. The lowest BCUT2D eigenvalue weighted by Gasteiger charge is -2.28. The number of aryl methyl sites for hydroxylation is 2. The summed E-state index contributed by atoms with van der Waals surface area (Å²) in [5.74, 6) is 0.497. The van der Waals surface area contributed by atoms with Crippen molar-refractivity contribution in [1.82, 2.24) is 29.9 Å². The zero-order valence-corrected chi connectivity index (χ0v) is 22.3. The maximum atomic E-state index is 13.5. The average molecular weight is 542 g/mol. The molecular weight excluding hydrogens is 514 g/mol. The molecule has 10 heteroatoms. The van der Waals surface area contributed by atoms with Crippen LogP contribution in [-0.4, -0.2) is 42.1 Å². The third-order valence-corrected chi connectivity index (χ3v) is 7.99. The summed E-state index contributed by atoms with van der Waals surface area (Å²) < 4.78 is 1.85. The Morgan fingerprint density at radius 3 is 2.73 bits per heavy atom. The Bertz CT molecular complexity index is 1970. The van der Waals surface area contributed by atoms with Crippen LogP contribution < -0.4 is 11.1 Å². The Labute approximate surface area is 235 Å². The number of anilines is 2. The summed E-state index contributed by atoms with van der Waals surface area (Å²) in [4.78, 5) is 18.6. The fourth-order valence-corrected chi connectivity index (χ4v) is 5.88. The third-order valence-electron chi connectivity index (χ3n) is 7.99. The maximum absolute atomic E-state index is 13.5. The Morgan fingerprint density at radius 1 is 1.12 bits per heavy atom. The van der Waals surface area contributed by atoms with Crippen molar-refractivity contribution in [3.63, 3.8) is 0 Å². The van der Waals surface area contributed by atoms with E-state index in [0.717, 1.165) is 61.3 Å². The number of H-pyrrole nitrogens is 1. The molecule has 1 aliphatic rings. The molecular formula is C31H27N9O. The lowest BCUT2D eigenvalue weighted by Crippen LogP contribution is -2.29. The minimum Gasteiger partial charge on any atom is -0.398 e. The molecule has 0 saturated heterocycles. The first kappa shape index (κ1) is 24.6. The van der Waals surface area contributed by atoms with Gasteiger partial charge in [-0.25, -0.2) is 4.98 Å². The van der Waals surface area contributed by atoms with Crippen LogP contribution in [0, 0.1) is 11.3 Å². The second-order valence-corrected chi connectivity index (χ2v) is 10.5. The molecule has 0 aliphatic heterocycles. The largest absolute Gasteiger partial charge is 0.398 e. The minimum absolute atomic E-state index is 0.0294. The van der Waals surface area contributed by atoms with Crippen LogP contribution >= 0.6 is 0 Å². The highest BCUT2D eigenvalue weighted by Crippen LogP contribution is 2.40. The van der Waals surface area contributed by atoms with Crippen molar-refractivity contribution in [1.29, 1.82) is 5.41 Å². The van der Waals surface area contributed by atoms with Crippen LogP contribution in [0.15, 0.2) is 67.1 Å². The van der Waals surface area contributed by atoms with Gasteiger partial charge in [0.1, 0.15) is 6.33 Å². The van der Waals surface area contributed by atoms with E-state index in [1.54, 1.807) is 18.6 Å². The number of fused-ring (bicyclic) bond motifs is 4. The fourth-order valence-electron chi connectivity index (χ4n) is 5.88. The zero-order chi connectivity index (χ0) is 28.1. The van der Waals surface area contributed by atoms with Crippen LogP contribution in [0.5, 0.6) is 0 Å². The Morgan fingerprint density at radius 2 is 1.95 bits per heavy atom. The summed E-state index contributed by atoms with van der Waals surface area (Å²) in [6, 6.07) is 17.5. The first-order valence-corrected chi connectivity index (χ1v) is 13.4. The molecule has 202 valence electrons. The van der Waals surface area contributed by atoms with Crippen molar-refractivity contribution in [3.05, 3.63) is 83.8 Å². The van der Waals surface area contributed by atoms with Gasteiger partial charge in [0.2, 0.25) is 5.91 Å². The third kappa shape index (κ3) is 4.20. The van der Waals surface area contributed by atoms with Gasteiger partial charge in [0.05, 0.1) is 22.9 Å². The van der Waals surface area contributed by atoms with E-state index in [-0.39, 0.29) is 11.8 Å². The van der Waals surface area contributed by atoms with Gasteiger partial charge in [0.25, 0.3) is 0 Å². The predicted octanol–water partition coefficient (Wildman–Crippen LogP) is 4.90. The number of nitrogens with two attached hydrogens (primary N) is 1. The first-order chi connectivity index (χ1) is 20.0. The quantitative estimate of drug-likeness (QED) is 0.180. The topological polar surface area (TPSA) is 151 Å². The standard InChI is InChI=1S/C31H27N9O/c1-40-16-35-39-30(40)17-2-6-21(7-3-17)36-31(41)19-4-8-22-23(13-19)29(18-5-10-26-20(12-18)15-34-38-26)37-27-11-9-25(33)24(14-32)28(22)27/h2-3,5-7,9-12,14-16,19,32H,4,8,13,33H2,1H3,(H,34,38)(H,36,41). The van der Waals surface area contributed by atoms with Crippen LogP contribution in [0.25, 0.3) is 44.5 Å². The number of nitrogens with zero attached hydrogens (tertiary/aromatic N) is 5. The van der Waals surface area contributed by atoms with Gasteiger partial charge in [-0.3, -0.25) is 9.89 Å². The number of aromatic nitrogens is 6. The van der Waals surface area contributed by atoms with Gasteiger partial charge in [0.15, 0.2) is 5.82 Å². The van der Waals surface area contributed by atoms with Crippen molar-refractivity contribution in [3.8, 4) is 22.6 Å². The van der Waals surface area contributed by atoms with Crippen molar-refractivity contribution >= 4 is 45.3 Å². The van der Waals surface area contributed by atoms with E-state index >= 15 is 0 Å². The zero-order valence-electron chi connectivity index (χ0n) is 22.3. The lowest BCUT2D eigenvalue weighted by molar-refractivity contribution is -0.120. The monoisotopic (exact) mass is 541 g/mol. The van der Waals surface area contributed by atoms with E-state index in [0.29, 0.717) is 30.5 Å². The van der Waals surface area contributed by atoms with Crippen molar-refractivity contribution in [2.24, 2.45) is 13.0 Å². The van der Waals surface area contributed by atoms with Crippen LogP contribution in [0.3, 0.4) is 0 Å². The number of aromatic amines is 1. The van der Waals surface area contributed by atoms with Crippen molar-refractivity contribution in [2.45, 2.75) is 19.3 Å². The van der Waals surface area contributed by atoms with E-state index in [1.807, 2.05) is 54.1 Å². The highest BCUT2D eigenvalue weighted by atomic mass is 16.1. The summed E-state index contributed by atoms with van der Waals surface area (Å²) in [5, 5.41) is 28.3. The SMILES string of the molecule is Cn1cnnc1-c1ccc(NC(=O)C2CCc3c(c(-c4ccc5[nH]ncc5c4)nc4ccc(N)c(C=N)c34)C2)cc1. The molecule has 3 aromatic heterocycles. The van der Waals surface area contributed by atoms with Gasteiger partial charge in [-0.2, -0.15) is 5.10 Å². The lowest BCUT2D eigenvalue weighted by atomic mass is 9.79. The molecule has 7 rings (SSSR count). The van der Waals surface area contributed by atoms with E-state index in [4.69, 9.17) is 16.1 Å². The Balaban J connectivity index is 1.25. The molecule has 3 heterocycles. The molecule has 0 radical (unpaired) electrons. The number of carbonyl (C=O) groups excluding carboxylic acids is 1. The number of pyridine rings is 1. The normalized spacial score (nSPS) is 14.7. The predicted molar refractivity (Wildman–Crippen MR) is 160 cm³/mol. The molecule has 3 aromatic carbocycles. The van der Waals surface area contributed by atoms with Crippen molar-refractivity contribution < 1.29 is 4.79 Å². The maximum Gasteiger partial charge on any atom is 0.227 e. The van der Waals surface area contributed by atoms with Gasteiger partial charge in [-0.15, -0.1) is 10.2 Å². The van der Waals surface area contributed by atoms with Crippen LogP contribution in [0.4, 0.5) is 11.4 Å². The molecule has 0 saturated carbocycles. The van der Waals surface area contributed by atoms with Crippen LogP contribution in [0.2, 0.25) is 0 Å². The summed E-state index contributed by atoms with van der Waals surface area (Å²) in [5.41, 5.74) is 14.9. The van der Waals surface area contributed by atoms with E-state index < -0.39 is 0 Å². The number of rotatable bonds is 5. The molecule has 10 nitrogen and oxygen atoms in total. The molecule has 1 aliphatic carbocycles. The van der Waals surface area contributed by atoms with Gasteiger partial charge in [0, 0.05) is 58.0 Å². The minimum atomic E-state index is -0.235. The highest BCUT2D eigenvalue weighted by Gasteiger charge is 2.30. The number of benzene rings is 3. The number of amides is 1. The summed E-state index contributed by atoms with van der Waals surface area (Å²) in [6.45, 7) is 0. The molecule has 41 heavy (non-hydrogen) atoms. The fraction of sp³-hybridized carbons (Fsp3) is 0.161. The van der Waals surface area contributed by atoms with Gasteiger partial charge in [-0.05, 0) is 78.9 Å². The van der Waals surface area contributed by atoms with Crippen LogP contribution in [-0.2, 0) is 24.7 Å². The van der Waals surface area contributed by atoms with E-state index in [1.165, 1.54) is 6.21 Å². The molecule has 0 bridgehead atoms. The average Bonchev–Trinajstić information content (AvgIpc) is 3.65. The molecule has 5 N–H and O–H groups in total. The summed E-state index contributed by atoms with van der Waals surface area (Å²) in [6.07, 6.45) is 6.66. The molecule has 1 amide bonds. The first-order valence-electron chi connectivity index (χ1n) is 13.4. The van der Waals surface area contributed by atoms with E-state index in [2.05, 4.69) is 31.8 Å². The molecule has 0 fully saturated rings. The smallest absolute Gasteiger partial charge is 0.227 e. The second-order valence-electron chi connectivity index (χ2n) is 10.5. The molecule has 0 spiro atoms. The van der Waals surface area contributed by atoms with Gasteiger partial charge < -0.3 is 21.0 Å². The molecule has 1 atom stereocenters. The number of hydrogen-bond donors (Lipinski definition) is 4. The number of hydrogen-bond acceptors (Lipinski definition) is 7. The summed E-state index contributed by atoms with van der Waals surface area (Å²) >= 11 is 0. The van der Waals surface area contributed by atoms with E-state index in [9.17, 15) is 4.79 Å². The second kappa shape index (κ2) is 9.67. The van der Waals surface area contributed by atoms with Crippen LogP contribution in [0.1, 0.15) is 23.1 Å². The highest BCUT2D eigenvalue weighted by molar-refractivity contribution is 6.06. The summed E-state index contributed by atoms with van der Waals surface area (Å²) in [7, 11) is 1.89. The van der Waals surface area contributed by atoms with Gasteiger partial charge in [-0.1, -0.05) is 6.07 Å².